The number of amides is 1. The lowest BCUT2D eigenvalue weighted by Gasteiger charge is -2.34. The second kappa shape index (κ2) is 12.3. The van der Waals surface area contributed by atoms with Crippen LogP contribution in [0.25, 0.3) is 17.1 Å². The van der Waals surface area contributed by atoms with Crippen molar-refractivity contribution in [1.82, 2.24) is 19.4 Å². The molecule has 1 aromatic heterocycles. The van der Waals surface area contributed by atoms with Gasteiger partial charge in [-0.25, -0.2) is 14.2 Å². The van der Waals surface area contributed by atoms with E-state index in [0.717, 1.165) is 72.7 Å². The summed E-state index contributed by atoms with van der Waals surface area (Å²) in [4.78, 5) is 32.7. The lowest BCUT2D eigenvalue weighted by Crippen LogP contribution is -2.35. The smallest absolute Gasteiger partial charge is 0.335 e. The molecule has 7 rings (SSSR count). The van der Waals surface area contributed by atoms with E-state index in [0.29, 0.717) is 24.2 Å². The summed E-state index contributed by atoms with van der Waals surface area (Å²) in [6, 6.07) is 15.9. The second-order valence-electron chi connectivity index (χ2n) is 12.6. The number of carbonyl (C=O) groups excluding carboxylic acids is 1. The van der Waals surface area contributed by atoms with Gasteiger partial charge in [0.25, 0.3) is 5.91 Å². The van der Waals surface area contributed by atoms with Crippen molar-refractivity contribution in [1.29, 1.82) is 0 Å². The van der Waals surface area contributed by atoms with Gasteiger partial charge >= 0.3 is 5.97 Å². The van der Waals surface area contributed by atoms with Crippen molar-refractivity contribution >= 4 is 29.0 Å². The number of carboxylic acids is 1. The standard InChI is InChI=1S/C36H37FN4O5/c1-39(2)35(42)24-6-9-28(29(37)18-24)32-11-8-23-4-3-5-27(34(23)46-32)22-12-15-40(16-13-22)21-33-38-30-10-7-25(36(43)44)19-31(30)41(33)20-26-14-17-45-26/h3-11,18-19,22,26,32H,12-17,20-21H2,1-2H3,(H,43,44). The molecule has 238 valence electrons. The SMILES string of the molecule is CN(C)C(=O)c1ccc(C2C=Cc3cccc(C4CCN(Cc5nc6ccc(C(=O)O)cc6n5CC5CCO5)CC4)c3O2)c(F)c1. The van der Waals surface area contributed by atoms with Crippen LogP contribution >= 0.6 is 0 Å². The zero-order valence-corrected chi connectivity index (χ0v) is 26.0. The van der Waals surface area contributed by atoms with Crippen LogP contribution in [0.5, 0.6) is 5.75 Å². The van der Waals surface area contributed by atoms with Gasteiger partial charge in [-0.1, -0.05) is 30.3 Å². The second-order valence-corrected chi connectivity index (χ2v) is 12.6. The minimum atomic E-state index is -0.952. The highest BCUT2D eigenvalue weighted by Crippen LogP contribution is 2.42. The Balaban J connectivity index is 1.06. The number of hydrogen-bond donors (Lipinski definition) is 1. The summed E-state index contributed by atoms with van der Waals surface area (Å²) in [6.07, 6.45) is 6.22. The summed E-state index contributed by atoms with van der Waals surface area (Å²) in [5.41, 5.74) is 4.67. The largest absolute Gasteiger partial charge is 0.481 e. The van der Waals surface area contributed by atoms with E-state index in [9.17, 15) is 14.7 Å². The molecule has 4 aromatic rings. The zero-order valence-electron chi connectivity index (χ0n) is 26.0. The van der Waals surface area contributed by atoms with Crippen molar-refractivity contribution in [3.63, 3.8) is 0 Å². The maximum Gasteiger partial charge on any atom is 0.335 e. The molecule has 1 N–H and O–H groups in total. The number of aromatic nitrogens is 2. The van der Waals surface area contributed by atoms with E-state index in [4.69, 9.17) is 14.5 Å². The summed E-state index contributed by atoms with van der Waals surface area (Å²) in [5.74, 6) is 0.320. The highest BCUT2D eigenvalue weighted by molar-refractivity contribution is 5.94. The fourth-order valence-electron chi connectivity index (χ4n) is 6.70. The third-order valence-corrected chi connectivity index (χ3v) is 9.38. The first-order chi connectivity index (χ1) is 22.2. The molecule has 1 amide bonds. The van der Waals surface area contributed by atoms with Crippen LogP contribution in [0.2, 0.25) is 0 Å². The molecule has 10 heteroatoms. The van der Waals surface area contributed by atoms with Gasteiger partial charge in [-0.15, -0.1) is 0 Å². The molecule has 0 radical (unpaired) electrons. The quantitative estimate of drug-likeness (QED) is 0.261. The predicted molar refractivity (Wildman–Crippen MR) is 172 cm³/mol. The third kappa shape index (κ3) is 5.78. The van der Waals surface area contributed by atoms with Gasteiger partial charge in [-0.3, -0.25) is 9.69 Å². The van der Waals surface area contributed by atoms with E-state index >= 15 is 4.39 Å². The number of para-hydroxylation sites is 1. The van der Waals surface area contributed by atoms with E-state index in [1.807, 2.05) is 24.3 Å². The molecule has 0 spiro atoms. The number of ether oxygens (including phenoxy) is 2. The Morgan fingerprint density at radius 1 is 1.02 bits per heavy atom. The number of fused-ring (bicyclic) bond motifs is 2. The van der Waals surface area contributed by atoms with Crippen LogP contribution in [-0.4, -0.2) is 76.2 Å². The Bertz CT molecular complexity index is 1840. The minimum absolute atomic E-state index is 0.115. The monoisotopic (exact) mass is 624 g/mol. The Morgan fingerprint density at radius 3 is 2.50 bits per heavy atom. The van der Waals surface area contributed by atoms with Crippen LogP contribution in [0.4, 0.5) is 4.39 Å². The molecule has 3 aliphatic rings. The van der Waals surface area contributed by atoms with E-state index < -0.39 is 17.9 Å². The van der Waals surface area contributed by atoms with Crippen LogP contribution in [0.3, 0.4) is 0 Å². The molecule has 0 aliphatic carbocycles. The van der Waals surface area contributed by atoms with Crippen molar-refractivity contribution in [3.8, 4) is 5.75 Å². The van der Waals surface area contributed by atoms with Gasteiger partial charge < -0.3 is 24.0 Å². The fourth-order valence-corrected chi connectivity index (χ4v) is 6.70. The number of piperidine rings is 1. The van der Waals surface area contributed by atoms with E-state index in [-0.39, 0.29) is 23.5 Å². The normalized spacial score (nSPS) is 19.8. The first-order valence-electron chi connectivity index (χ1n) is 15.8. The average Bonchev–Trinajstić information content (AvgIpc) is 3.37. The average molecular weight is 625 g/mol. The number of benzene rings is 3. The zero-order chi connectivity index (χ0) is 31.9. The molecule has 2 fully saturated rings. The van der Waals surface area contributed by atoms with Gasteiger partial charge in [0.15, 0.2) is 0 Å². The van der Waals surface area contributed by atoms with Gasteiger partial charge in [0.05, 0.1) is 35.8 Å². The number of halogens is 1. The van der Waals surface area contributed by atoms with Crippen molar-refractivity contribution in [2.45, 2.75) is 50.5 Å². The van der Waals surface area contributed by atoms with Gasteiger partial charge in [-0.2, -0.15) is 0 Å². The number of nitrogens with zero attached hydrogens (tertiary/aromatic N) is 4. The molecule has 3 aliphatic heterocycles. The van der Waals surface area contributed by atoms with Crippen LogP contribution in [-0.2, 0) is 17.8 Å². The molecule has 2 unspecified atom stereocenters. The van der Waals surface area contributed by atoms with Gasteiger partial charge in [0, 0.05) is 37.4 Å². The van der Waals surface area contributed by atoms with Gasteiger partial charge in [0.1, 0.15) is 23.5 Å². The minimum Gasteiger partial charge on any atom is -0.481 e. The van der Waals surface area contributed by atoms with Crippen LogP contribution in [0.1, 0.15) is 74.5 Å². The van der Waals surface area contributed by atoms with Gasteiger partial charge in [-0.05, 0) is 80.2 Å². The number of carbonyl (C=O) groups is 2. The topological polar surface area (TPSA) is 97.1 Å². The summed E-state index contributed by atoms with van der Waals surface area (Å²) in [6.45, 7) is 3.81. The van der Waals surface area contributed by atoms with Crippen molar-refractivity contribution in [2.75, 3.05) is 33.8 Å². The molecule has 3 aromatic carbocycles. The lowest BCUT2D eigenvalue weighted by atomic mass is 9.87. The van der Waals surface area contributed by atoms with E-state index in [2.05, 4.69) is 15.5 Å². The van der Waals surface area contributed by atoms with Crippen molar-refractivity contribution in [2.24, 2.45) is 0 Å². The Morgan fingerprint density at radius 2 is 1.80 bits per heavy atom. The Kier molecular flexibility index (Phi) is 8.08. The molecular formula is C36H37FN4O5. The molecule has 2 saturated heterocycles. The number of rotatable bonds is 8. The third-order valence-electron chi connectivity index (χ3n) is 9.38. The summed E-state index contributed by atoms with van der Waals surface area (Å²) in [7, 11) is 3.29. The molecule has 4 heterocycles. The molecule has 46 heavy (non-hydrogen) atoms. The van der Waals surface area contributed by atoms with Crippen molar-refractivity contribution < 1.29 is 28.6 Å². The highest BCUT2D eigenvalue weighted by atomic mass is 19.1. The summed E-state index contributed by atoms with van der Waals surface area (Å²) >= 11 is 0. The number of likely N-dealkylation sites (tertiary alicyclic amines) is 1. The molecule has 0 saturated carbocycles. The maximum absolute atomic E-state index is 15.2. The first-order valence-corrected chi connectivity index (χ1v) is 15.8. The lowest BCUT2D eigenvalue weighted by molar-refractivity contribution is -0.0592. The van der Waals surface area contributed by atoms with E-state index in [1.165, 1.54) is 11.0 Å². The first kappa shape index (κ1) is 30.1. The summed E-state index contributed by atoms with van der Waals surface area (Å²) in [5, 5.41) is 9.56. The summed E-state index contributed by atoms with van der Waals surface area (Å²) < 4.78 is 29.6. The molecule has 2 atom stereocenters. The Hall–Kier alpha value is -4.54. The Labute approximate surface area is 266 Å². The number of aromatic carboxylic acids is 1. The number of imidazole rings is 1. The molecule has 0 bridgehead atoms. The fraction of sp³-hybridized carbons (Fsp3) is 0.361. The predicted octanol–water partition coefficient (Wildman–Crippen LogP) is 5.89. The maximum atomic E-state index is 15.2. The molecule has 9 nitrogen and oxygen atoms in total. The number of hydrogen-bond acceptors (Lipinski definition) is 6. The van der Waals surface area contributed by atoms with Crippen LogP contribution in [0, 0.1) is 5.82 Å². The van der Waals surface area contributed by atoms with Crippen molar-refractivity contribution in [3.05, 3.63) is 100 Å². The highest BCUT2D eigenvalue weighted by Gasteiger charge is 2.29. The van der Waals surface area contributed by atoms with E-state index in [1.54, 1.807) is 44.4 Å². The van der Waals surface area contributed by atoms with Crippen LogP contribution in [0.15, 0.2) is 60.7 Å². The number of carboxylic acid groups (broad SMARTS) is 1. The van der Waals surface area contributed by atoms with Gasteiger partial charge in [0.2, 0.25) is 0 Å². The molecular weight excluding hydrogens is 587 g/mol. The van der Waals surface area contributed by atoms with Crippen LogP contribution < -0.4 is 4.74 Å².